The molecule has 0 radical (unpaired) electrons. The molecule has 0 amide bonds. The lowest BCUT2D eigenvalue weighted by atomic mass is 9.89. The van der Waals surface area contributed by atoms with Crippen molar-refractivity contribution in [2.24, 2.45) is 23.7 Å². The Kier molecular flexibility index (Phi) is 25.3. The van der Waals surface area contributed by atoms with Crippen molar-refractivity contribution in [3.05, 3.63) is 144 Å². The van der Waals surface area contributed by atoms with Gasteiger partial charge in [-0.05, 0) is 48.6 Å². The Hall–Kier alpha value is -5.94. The second-order valence-electron chi connectivity index (χ2n) is 15.1. The minimum Gasteiger partial charge on any atom is -0.481 e. The minimum absolute atomic E-state index is 0.0116. The average molecular weight is 839 g/mol. The van der Waals surface area contributed by atoms with Gasteiger partial charge in [0.25, 0.3) is 0 Å². The van der Waals surface area contributed by atoms with Gasteiger partial charge in [0.1, 0.15) is 13.2 Å². The standard InChI is InChI=1S/C25H30O5.C14H18O3.C11H14O3/c1-19(2)22(15-16-23(26)21-12-7-4-8-13-21)25(28)29-17-9-14-24(27)30-18-20-10-5-3-6-11-20;1-10(2)12(14(16)17)8-9-13(15)11-6-4-3-5-7-11;12-8-4-7-11(13)14-9-10-5-2-1-3-6-10/h3-8,10-13,19,22H,9,14-18H2,1-2H3;3-7,10,12H,8-9H2,1-2H3,(H,16,17);1-3,5-6,12H,4,7-9H2/t22-;12-;/m00./s1. The van der Waals surface area contributed by atoms with E-state index in [2.05, 4.69) is 0 Å². The van der Waals surface area contributed by atoms with Crippen LogP contribution in [0, 0.1) is 23.7 Å². The third kappa shape index (κ3) is 22.3. The van der Waals surface area contributed by atoms with E-state index >= 15 is 0 Å². The molecule has 4 aromatic rings. The molecule has 0 bridgehead atoms. The fourth-order valence-electron chi connectivity index (χ4n) is 5.92. The van der Waals surface area contributed by atoms with E-state index < -0.39 is 11.9 Å². The Morgan fingerprint density at radius 1 is 0.492 bits per heavy atom. The van der Waals surface area contributed by atoms with Gasteiger partial charge in [-0.2, -0.15) is 0 Å². The van der Waals surface area contributed by atoms with Gasteiger partial charge in [0.2, 0.25) is 0 Å². The van der Waals surface area contributed by atoms with Gasteiger partial charge in [-0.1, -0.05) is 149 Å². The molecule has 0 fully saturated rings. The van der Waals surface area contributed by atoms with E-state index in [1.165, 1.54) is 0 Å². The quantitative estimate of drug-likeness (QED) is 0.0316. The normalized spacial score (nSPS) is 11.5. The van der Waals surface area contributed by atoms with Crippen LogP contribution in [-0.2, 0) is 46.6 Å². The van der Waals surface area contributed by atoms with Gasteiger partial charge in [0, 0.05) is 43.4 Å². The summed E-state index contributed by atoms with van der Waals surface area (Å²) in [6.45, 7) is 8.36. The Balaban J connectivity index is 0.000000348. The third-order valence-corrected chi connectivity index (χ3v) is 9.58. The molecule has 0 aliphatic carbocycles. The van der Waals surface area contributed by atoms with Crippen LogP contribution in [0.15, 0.2) is 121 Å². The first kappa shape index (κ1) is 51.2. The molecule has 61 heavy (non-hydrogen) atoms. The zero-order valence-electron chi connectivity index (χ0n) is 35.9. The summed E-state index contributed by atoms with van der Waals surface area (Å²) in [6, 6.07) is 37.0. The zero-order valence-corrected chi connectivity index (χ0v) is 35.9. The number of hydrogen-bond acceptors (Lipinski definition) is 10. The molecule has 0 heterocycles. The number of esters is 3. The van der Waals surface area contributed by atoms with E-state index in [1.807, 2.05) is 125 Å². The predicted octanol–water partition coefficient (Wildman–Crippen LogP) is 9.50. The van der Waals surface area contributed by atoms with Crippen molar-refractivity contribution in [3.8, 4) is 0 Å². The molecule has 0 unspecified atom stereocenters. The molecule has 4 aromatic carbocycles. The molecule has 2 atom stereocenters. The van der Waals surface area contributed by atoms with E-state index in [0.717, 1.165) is 11.1 Å². The van der Waals surface area contributed by atoms with Crippen LogP contribution in [0.4, 0.5) is 0 Å². The third-order valence-electron chi connectivity index (χ3n) is 9.58. The predicted molar refractivity (Wildman–Crippen MR) is 233 cm³/mol. The second kappa shape index (κ2) is 30.1. The molecule has 0 aromatic heterocycles. The first-order valence-electron chi connectivity index (χ1n) is 20.9. The van der Waals surface area contributed by atoms with Gasteiger partial charge < -0.3 is 24.4 Å². The van der Waals surface area contributed by atoms with Crippen LogP contribution in [0.2, 0.25) is 0 Å². The highest BCUT2D eigenvalue weighted by Gasteiger charge is 2.25. The molecule has 4 rings (SSSR count). The molecule has 0 aliphatic rings. The van der Waals surface area contributed by atoms with Crippen LogP contribution >= 0.6 is 0 Å². The van der Waals surface area contributed by atoms with Gasteiger partial charge in [-0.3, -0.25) is 28.8 Å². The first-order valence-corrected chi connectivity index (χ1v) is 20.9. The molecule has 11 heteroatoms. The Morgan fingerprint density at radius 2 is 0.869 bits per heavy atom. The first-order chi connectivity index (χ1) is 29.3. The number of carbonyl (C=O) groups excluding carboxylic acids is 5. The molecule has 0 aliphatic heterocycles. The summed E-state index contributed by atoms with van der Waals surface area (Å²) in [7, 11) is 0. The van der Waals surface area contributed by atoms with E-state index in [-0.39, 0.29) is 79.9 Å². The SMILES string of the molecule is CC(C)[C@H](CCC(=O)c1ccccc1)C(=O)O.CC(C)[C@H](CCC(=O)c1ccccc1)C(=O)OCCCC(=O)OCc1ccccc1.O=C(CCCO)OCc1ccccc1. The Morgan fingerprint density at radius 3 is 1.25 bits per heavy atom. The van der Waals surface area contributed by atoms with Crippen molar-refractivity contribution in [2.75, 3.05) is 13.2 Å². The Labute approximate surface area is 360 Å². The van der Waals surface area contributed by atoms with Crippen molar-refractivity contribution in [3.63, 3.8) is 0 Å². The lowest BCUT2D eigenvalue weighted by molar-refractivity contribution is -0.152. The zero-order chi connectivity index (χ0) is 44.8. The molecule has 0 saturated carbocycles. The van der Waals surface area contributed by atoms with Gasteiger partial charge in [-0.25, -0.2) is 0 Å². The fraction of sp³-hybridized carbons (Fsp3) is 0.400. The molecule has 328 valence electrons. The number of ether oxygens (including phenoxy) is 3. The lowest BCUT2D eigenvalue weighted by Crippen LogP contribution is -2.24. The van der Waals surface area contributed by atoms with Crippen LogP contribution in [0.3, 0.4) is 0 Å². The Bertz CT molecular complexity index is 1860. The summed E-state index contributed by atoms with van der Waals surface area (Å²) in [5, 5.41) is 17.5. The molecule has 11 nitrogen and oxygen atoms in total. The monoisotopic (exact) mass is 838 g/mol. The summed E-state index contributed by atoms with van der Waals surface area (Å²) in [6.07, 6.45) is 2.79. The molecular formula is C50H62O11. The maximum absolute atomic E-state index is 12.4. The van der Waals surface area contributed by atoms with Crippen LogP contribution in [0.1, 0.15) is 111 Å². The number of carbonyl (C=O) groups is 6. The number of aliphatic carboxylic acids is 1. The number of aliphatic hydroxyl groups excluding tert-OH is 1. The number of aliphatic hydroxyl groups is 1. The number of hydrogen-bond donors (Lipinski definition) is 2. The highest BCUT2D eigenvalue weighted by Crippen LogP contribution is 2.21. The van der Waals surface area contributed by atoms with Crippen molar-refractivity contribution in [2.45, 2.75) is 92.3 Å². The van der Waals surface area contributed by atoms with Crippen molar-refractivity contribution >= 4 is 35.4 Å². The van der Waals surface area contributed by atoms with E-state index in [1.54, 1.807) is 24.3 Å². The summed E-state index contributed by atoms with van der Waals surface area (Å²) in [5.74, 6) is -2.35. The lowest BCUT2D eigenvalue weighted by Gasteiger charge is -2.19. The highest BCUT2D eigenvalue weighted by molar-refractivity contribution is 5.96. The number of Topliss-reactive ketones (excluding diaryl/α,β-unsaturated/α-hetero) is 2. The highest BCUT2D eigenvalue weighted by atomic mass is 16.5. The largest absolute Gasteiger partial charge is 0.481 e. The summed E-state index contributed by atoms with van der Waals surface area (Å²) in [4.78, 5) is 70.4. The number of benzene rings is 4. The van der Waals surface area contributed by atoms with Crippen LogP contribution in [0.5, 0.6) is 0 Å². The van der Waals surface area contributed by atoms with Crippen molar-refractivity contribution in [1.82, 2.24) is 0 Å². The summed E-state index contributed by atoms with van der Waals surface area (Å²) < 4.78 is 15.5. The van der Waals surface area contributed by atoms with Gasteiger partial charge in [0.15, 0.2) is 11.6 Å². The number of carboxylic acid groups (broad SMARTS) is 1. The van der Waals surface area contributed by atoms with Gasteiger partial charge >= 0.3 is 23.9 Å². The average Bonchev–Trinajstić information content (AvgIpc) is 3.27. The van der Waals surface area contributed by atoms with Crippen molar-refractivity contribution in [1.29, 1.82) is 0 Å². The van der Waals surface area contributed by atoms with E-state index in [0.29, 0.717) is 56.3 Å². The molecule has 0 spiro atoms. The fourth-order valence-corrected chi connectivity index (χ4v) is 5.92. The smallest absolute Gasteiger partial charge is 0.309 e. The van der Waals surface area contributed by atoms with Gasteiger partial charge in [0.05, 0.1) is 18.4 Å². The van der Waals surface area contributed by atoms with E-state index in [4.69, 9.17) is 24.4 Å². The van der Waals surface area contributed by atoms with Crippen molar-refractivity contribution < 1.29 is 53.2 Å². The topological polar surface area (TPSA) is 171 Å². The molecular weight excluding hydrogens is 777 g/mol. The van der Waals surface area contributed by atoms with Crippen LogP contribution < -0.4 is 0 Å². The molecule has 2 N–H and O–H groups in total. The number of carboxylic acids is 1. The minimum atomic E-state index is -0.819. The maximum Gasteiger partial charge on any atom is 0.309 e. The maximum atomic E-state index is 12.4. The van der Waals surface area contributed by atoms with Gasteiger partial charge in [-0.15, -0.1) is 0 Å². The van der Waals surface area contributed by atoms with Crippen LogP contribution in [0.25, 0.3) is 0 Å². The summed E-state index contributed by atoms with van der Waals surface area (Å²) in [5.41, 5.74) is 3.22. The number of rotatable bonds is 23. The van der Waals surface area contributed by atoms with E-state index in [9.17, 15) is 28.8 Å². The molecule has 0 saturated heterocycles. The summed E-state index contributed by atoms with van der Waals surface area (Å²) >= 11 is 0. The van der Waals surface area contributed by atoms with Crippen LogP contribution in [-0.4, -0.2) is 58.9 Å². The second-order valence-corrected chi connectivity index (χ2v) is 15.1. The number of ketones is 2.